The van der Waals surface area contributed by atoms with Gasteiger partial charge in [0.05, 0.1) is 6.61 Å². The van der Waals surface area contributed by atoms with Crippen LogP contribution in [0.15, 0.2) is 12.7 Å². The first-order chi connectivity index (χ1) is 9.24. The van der Waals surface area contributed by atoms with E-state index in [4.69, 9.17) is 5.11 Å². The second kappa shape index (κ2) is 8.71. The zero-order valence-corrected chi connectivity index (χ0v) is 12.5. The van der Waals surface area contributed by atoms with Crippen LogP contribution in [0.5, 0.6) is 0 Å². The highest BCUT2D eigenvalue weighted by Gasteiger charge is 2.32. The highest BCUT2D eigenvalue weighted by molar-refractivity contribution is 5.81. The summed E-state index contributed by atoms with van der Waals surface area (Å²) in [5.74, 6) is -0.558. The molecule has 0 spiro atoms. The summed E-state index contributed by atoms with van der Waals surface area (Å²) in [5.41, 5.74) is -0.896. The van der Waals surface area contributed by atoms with E-state index in [1.807, 2.05) is 6.92 Å². The van der Waals surface area contributed by atoms with E-state index in [1.54, 1.807) is 19.9 Å². The van der Waals surface area contributed by atoms with Gasteiger partial charge in [0.2, 0.25) is 11.8 Å². The third-order valence-electron chi connectivity index (χ3n) is 3.05. The van der Waals surface area contributed by atoms with E-state index < -0.39 is 17.4 Å². The van der Waals surface area contributed by atoms with Crippen molar-refractivity contribution in [3.8, 4) is 0 Å². The Bertz CT molecular complexity index is 342. The SMILES string of the molecule is C=CC(C)CC(=O)NCCNC(=O)[C@H](O)C(C)(C)CO. The van der Waals surface area contributed by atoms with Crippen molar-refractivity contribution >= 4 is 11.8 Å². The predicted octanol–water partition coefficient (Wildman–Crippen LogP) is -0.190. The molecule has 6 nitrogen and oxygen atoms in total. The molecule has 6 heteroatoms. The average Bonchev–Trinajstić information content (AvgIpc) is 2.42. The van der Waals surface area contributed by atoms with Gasteiger partial charge in [-0.15, -0.1) is 6.58 Å². The van der Waals surface area contributed by atoms with Gasteiger partial charge >= 0.3 is 0 Å². The maximum Gasteiger partial charge on any atom is 0.249 e. The second-order valence-electron chi connectivity index (χ2n) is 5.61. The Labute approximate surface area is 120 Å². The van der Waals surface area contributed by atoms with Crippen LogP contribution in [0.3, 0.4) is 0 Å². The van der Waals surface area contributed by atoms with Crippen LogP contribution in [-0.2, 0) is 9.59 Å². The predicted molar refractivity (Wildman–Crippen MR) is 76.9 cm³/mol. The monoisotopic (exact) mass is 286 g/mol. The summed E-state index contributed by atoms with van der Waals surface area (Å²) in [6, 6.07) is 0. The molecule has 0 saturated heterocycles. The Hall–Kier alpha value is -1.40. The van der Waals surface area contributed by atoms with Crippen LogP contribution in [0.4, 0.5) is 0 Å². The maximum absolute atomic E-state index is 11.6. The number of rotatable bonds is 9. The van der Waals surface area contributed by atoms with Gasteiger partial charge in [0.15, 0.2) is 0 Å². The van der Waals surface area contributed by atoms with Crippen LogP contribution in [0.2, 0.25) is 0 Å². The van der Waals surface area contributed by atoms with Crippen molar-refractivity contribution in [2.75, 3.05) is 19.7 Å². The van der Waals surface area contributed by atoms with Crippen molar-refractivity contribution in [1.29, 1.82) is 0 Å². The van der Waals surface area contributed by atoms with Gasteiger partial charge in [0.25, 0.3) is 0 Å². The summed E-state index contributed by atoms with van der Waals surface area (Å²) in [4.78, 5) is 23.1. The van der Waals surface area contributed by atoms with E-state index in [2.05, 4.69) is 17.2 Å². The van der Waals surface area contributed by atoms with Crippen molar-refractivity contribution in [3.05, 3.63) is 12.7 Å². The molecule has 0 heterocycles. The molecule has 0 rings (SSSR count). The number of aliphatic hydroxyl groups is 2. The number of nitrogens with one attached hydrogen (secondary N) is 2. The molecule has 0 saturated carbocycles. The Balaban J connectivity index is 3.93. The van der Waals surface area contributed by atoms with Crippen LogP contribution in [-0.4, -0.2) is 47.8 Å². The maximum atomic E-state index is 11.6. The first kappa shape index (κ1) is 18.6. The highest BCUT2D eigenvalue weighted by atomic mass is 16.3. The molecule has 0 aliphatic carbocycles. The minimum atomic E-state index is -1.29. The first-order valence-corrected chi connectivity index (χ1v) is 6.70. The molecular formula is C14H26N2O4. The van der Waals surface area contributed by atoms with E-state index in [1.165, 1.54) is 0 Å². The van der Waals surface area contributed by atoms with Crippen molar-refractivity contribution < 1.29 is 19.8 Å². The molecule has 1 unspecified atom stereocenters. The fourth-order valence-electron chi connectivity index (χ4n) is 1.37. The third kappa shape index (κ3) is 6.68. The lowest BCUT2D eigenvalue weighted by molar-refractivity contribution is -0.137. The number of amides is 2. The number of carbonyl (C=O) groups excluding carboxylic acids is 2. The summed E-state index contributed by atoms with van der Waals surface area (Å²) < 4.78 is 0. The summed E-state index contributed by atoms with van der Waals surface area (Å²) in [6.07, 6.45) is 0.774. The van der Waals surface area contributed by atoms with Crippen LogP contribution in [0.25, 0.3) is 0 Å². The molecule has 0 bridgehead atoms. The number of carbonyl (C=O) groups is 2. The Kier molecular flexibility index (Phi) is 8.10. The minimum absolute atomic E-state index is 0.108. The summed E-state index contributed by atoms with van der Waals surface area (Å²) >= 11 is 0. The Morgan fingerprint density at radius 1 is 1.30 bits per heavy atom. The molecule has 0 aromatic rings. The molecule has 0 aromatic carbocycles. The van der Waals surface area contributed by atoms with Gasteiger partial charge in [0, 0.05) is 24.9 Å². The lowest BCUT2D eigenvalue weighted by Crippen LogP contribution is -2.47. The summed E-state index contributed by atoms with van der Waals surface area (Å²) in [7, 11) is 0. The van der Waals surface area contributed by atoms with Crippen molar-refractivity contribution in [2.24, 2.45) is 11.3 Å². The normalized spacial score (nSPS) is 14.2. The average molecular weight is 286 g/mol. The highest BCUT2D eigenvalue weighted by Crippen LogP contribution is 2.19. The van der Waals surface area contributed by atoms with Gasteiger partial charge in [-0.25, -0.2) is 0 Å². The largest absolute Gasteiger partial charge is 0.396 e. The number of allylic oxidation sites excluding steroid dienone is 1. The number of hydrogen-bond donors (Lipinski definition) is 4. The lowest BCUT2D eigenvalue weighted by atomic mass is 9.87. The Morgan fingerprint density at radius 2 is 1.85 bits per heavy atom. The zero-order chi connectivity index (χ0) is 15.8. The lowest BCUT2D eigenvalue weighted by Gasteiger charge is -2.27. The van der Waals surface area contributed by atoms with E-state index in [-0.39, 0.29) is 25.0 Å². The standard InChI is InChI=1S/C14H26N2O4/c1-5-10(2)8-11(18)15-6-7-16-13(20)12(19)14(3,4)9-17/h5,10,12,17,19H,1,6-9H2,2-4H3,(H,15,18)(H,16,20)/t10?,12-/m0/s1. The molecule has 0 fully saturated rings. The minimum Gasteiger partial charge on any atom is -0.396 e. The smallest absolute Gasteiger partial charge is 0.249 e. The van der Waals surface area contributed by atoms with E-state index in [0.29, 0.717) is 13.0 Å². The van der Waals surface area contributed by atoms with Crippen LogP contribution in [0, 0.1) is 11.3 Å². The summed E-state index contributed by atoms with van der Waals surface area (Å²) in [6.45, 7) is 8.90. The van der Waals surface area contributed by atoms with Gasteiger partial charge in [-0.05, 0) is 5.92 Å². The Morgan fingerprint density at radius 3 is 2.35 bits per heavy atom. The number of aliphatic hydroxyl groups excluding tert-OH is 2. The van der Waals surface area contributed by atoms with Gasteiger partial charge in [-0.3, -0.25) is 9.59 Å². The van der Waals surface area contributed by atoms with Crippen molar-refractivity contribution in [3.63, 3.8) is 0 Å². The fraction of sp³-hybridized carbons (Fsp3) is 0.714. The molecule has 0 radical (unpaired) electrons. The van der Waals surface area contributed by atoms with E-state index in [9.17, 15) is 14.7 Å². The molecular weight excluding hydrogens is 260 g/mol. The molecule has 0 aliphatic rings. The number of hydrogen-bond acceptors (Lipinski definition) is 4. The van der Waals surface area contributed by atoms with E-state index >= 15 is 0 Å². The van der Waals surface area contributed by atoms with Crippen molar-refractivity contribution in [2.45, 2.75) is 33.3 Å². The molecule has 0 aromatic heterocycles. The topological polar surface area (TPSA) is 98.7 Å². The molecule has 20 heavy (non-hydrogen) atoms. The van der Waals surface area contributed by atoms with Gasteiger partial charge in [-0.1, -0.05) is 26.8 Å². The quantitative estimate of drug-likeness (QED) is 0.349. The van der Waals surface area contributed by atoms with Crippen LogP contribution >= 0.6 is 0 Å². The van der Waals surface area contributed by atoms with Crippen molar-refractivity contribution in [1.82, 2.24) is 10.6 Å². The molecule has 0 aliphatic heterocycles. The fourth-order valence-corrected chi connectivity index (χ4v) is 1.37. The van der Waals surface area contributed by atoms with Gasteiger partial charge in [0.1, 0.15) is 6.10 Å². The molecule has 116 valence electrons. The molecule has 4 N–H and O–H groups in total. The van der Waals surface area contributed by atoms with Gasteiger partial charge in [-0.2, -0.15) is 0 Å². The molecule has 2 atom stereocenters. The van der Waals surface area contributed by atoms with Gasteiger partial charge < -0.3 is 20.8 Å². The van der Waals surface area contributed by atoms with Crippen LogP contribution in [0.1, 0.15) is 27.2 Å². The second-order valence-corrected chi connectivity index (χ2v) is 5.61. The third-order valence-corrected chi connectivity index (χ3v) is 3.05. The van der Waals surface area contributed by atoms with Crippen LogP contribution < -0.4 is 10.6 Å². The zero-order valence-electron chi connectivity index (χ0n) is 12.5. The molecule has 2 amide bonds. The first-order valence-electron chi connectivity index (χ1n) is 6.70. The summed E-state index contributed by atoms with van der Waals surface area (Å²) in [5, 5.41) is 24.0. The van der Waals surface area contributed by atoms with E-state index in [0.717, 1.165) is 0 Å².